The molecule has 0 fully saturated rings. The Morgan fingerprint density at radius 2 is 2.00 bits per heavy atom. The fraction of sp³-hybridized carbons (Fsp3) is 0.167. The SMILES string of the molecule is CC(=O)N(O)C(C)/C=C/c1cccc(Oc2ccc(F)cc2F)c1. The molecule has 2 aromatic rings. The summed E-state index contributed by atoms with van der Waals surface area (Å²) in [5.41, 5.74) is 0.735. The van der Waals surface area contributed by atoms with Gasteiger partial charge in [0.2, 0.25) is 5.91 Å². The second-order valence-corrected chi connectivity index (χ2v) is 5.21. The van der Waals surface area contributed by atoms with Gasteiger partial charge in [-0.25, -0.2) is 13.8 Å². The molecule has 0 spiro atoms. The molecule has 0 aliphatic carbocycles. The second kappa shape index (κ2) is 7.70. The molecule has 1 atom stereocenters. The van der Waals surface area contributed by atoms with Crippen LogP contribution in [-0.2, 0) is 4.79 Å². The van der Waals surface area contributed by atoms with E-state index in [4.69, 9.17) is 4.74 Å². The predicted molar refractivity (Wildman–Crippen MR) is 85.7 cm³/mol. The Labute approximate surface area is 138 Å². The number of carbonyl (C=O) groups excluding carboxylic acids is 1. The van der Waals surface area contributed by atoms with Crippen molar-refractivity contribution in [3.05, 3.63) is 65.7 Å². The molecule has 1 unspecified atom stereocenters. The molecule has 126 valence electrons. The third kappa shape index (κ3) is 4.63. The number of nitrogens with zero attached hydrogens (tertiary/aromatic N) is 1. The summed E-state index contributed by atoms with van der Waals surface area (Å²) in [6, 6.07) is 9.36. The van der Waals surface area contributed by atoms with Gasteiger partial charge in [0.15, 0.2) is 11.6 Å². The van der Waals surface area contributed by atoms with Gasteiger partial charge in [-0.1, -0.05) is 24.3 Å². The van der Waals surface area contributed by atoms with Crippen LogP contribution >= 0.6 is 0 Å². The van der Waals surface area contributed by atoms with Crippen molar-refractivity contribution in [2.75, 3.05) is 0 Å². The van der Waals surface area contributed by atoms with Gasteiger partial charge >= 0.3 is 0 Å². The molecule has 0 heterocycles. The molecule has 0 bridgehead atoms. The second-order valence-electron chi connectivity index (χ2n) is 5.21. The number of hydrogen-bond acceptors (Lipinski definition) is 3. The highest BCUT2D eigenvalue weighted by Crippen LogP contribution is 2.26. The lowest BCUT2D eigenvalue weighted by atomic mass is 10.1. The standard InChI is InChI=1S/C18H17F2NO3/c1-12(21(23)13(2)22)6-7-14-4-3-5-16(10-14)24-18-9-8-15(19)11-17(18)20/h3-12,23H,1-2H3/b7-6+. The highest BCUT2D eigenvalue weighted by atomic mass is 19.1. The van der Waals surface area contributed by atoms with Gasteiger partial charge in [0.25, 0.3) is 0 Å². The summed E-state index contributed by atoms with van der Waals surface area (Å²) >= 11 is 0. The van der Waals surface area contributed by atoms with Crippen LogP contribution in [0.15, 0.2) is 48.5 Å². The summed E-state index contributed by atoms with van der Waals surface area (Å²) in [4.78, 5) is 11.1. The first-order chi connectivity index (χ1) is 11.4. The monoisotopic (exact) mass is 333 g/mol. The topological polar surface area (TPSA) is 49.8 Å². The number of ether oxygens (including phenoxy) is 1. The van der Waals surface area contributed by atoms with Crippen LogP contribution in [0.4, 0.5) is 8.78 Å². The minimum absolute atomic E-state index is 0.0796. The smallest absolute Gasteiger partial charge is 0.243 e. The molecule has 2 aromatic carbocycles. The zero-order chi connectivity index (χ0) is 17.7. The molecule has 24 heavy (non-hydrogen) atoms. The highest BCUT2D eigenvalue weighted by Gasteiger charge is 2.10. The summed E-state index contributed by atoms with van der Waals surface area (Å²) in [6.07, 6.45) is 3.34. The number of halogens is 2. The van der Waals surface area contributed by atoms with E-state index in [1.807, 2.05) is 0 Å². The Morgan fingerprint density at radius 3 is 2.67 bits per heavy atom. The summed E-state index contributed by atoms with van der Waals surface area (Å²) in [5, 5.41) is 10.1. The lowest BCUT2D eigenvalue weighted by Gasteiger charge is -2.17. The summed E-state index contributed by atoms with van der Waals surface area (Å²) in [5.74, 6) is -1.63. The average Bonchev–Trinajstić information content (AvgIpc) is 2.55. The summed E-state index contributed by atoms with van der Waals surface area (Å²) < 4.78 is 31.9. The maximum atomic E-state index is 13.6. The number of rotatable bonds is 5. The van der Waals surface area contributed by atoms with E-state index in [0.717, 1.165) is 17.7 Å². The first-order valence-corrected chi connectivity index (χ1v) is 7.26. The molecular weight excluding hydrogens is 316 g/mol. The van der Waals surface area contributed by atoms with Crippen LogP contribution in [0, 0.1) is 11.6 Å². The van der Waals surface area contributed by atoms with Crippen molar-refractivity contribution in [1.82, 2.24) is 5.06 Å². The van der Waals surface area contributed by atoms with Crippen molar-refractivity contribution in [2.24, 2.45) is 0 Å². The Bertz CT molecular complexity index is 762. The van der Waals surface area contributed by atoms with Crippen molar-refractivity contribution in [2.45, 2.75) is 19.9 Å². The molecule has 1 amide bonds. The van der Waals surface area contributed by atoms with Crippen molar-refractivity contribution in [1.29, 1.82) is 0 Å². The fourth-order valence-corrected chi connectivity index (χ4v) is 1.99. The summed E-state index contributed by atoms with van der Waals surface area (Å²) in [6.45, 7) is 2.92. The molecule has 0 aliphatic heterocycles. The van der Waals surface area contributed by atoms with Crippen molar-refractivity contribution in [3.8, 4) is 11.5 Å². The van der Waals surface area contributed by atoms with Gasteiger partial charge in [-0.05, 0) is 36.8 Å². The molecule has 0 aromatic heterocycles. The highest BCUT2D eigenvalue weighted by molar-refractivity contribution is 5.72. The first-order valence-electron chi connectivity index (χ1n) is 7.26. The fourth-order valence-electron chi connectivity index (χ4n) is 1.99. The van der Waals surface area contributed by atoms with E-state index in [1.54, 1.807) is 43.3 Å². The quantitative estimate of drug-likeness (QED) is 0.652. The van der Waals surface area contributed by atoms with Crippen LogP contribution in [0.5, 0.6) is 11.5 Å². The zero-order valence-corrected chi connectivity index (χ0v) is 13.2. The van der Waals surface area contributed by atoms with Gasteiger partial charge in [-0.3, -0.25) is 10.0 Å². The van der Waals surface area contributed by atoms with E-state index >= 15 is 0 Å². The Kier molecular flexibility index (Phi) is 5.65. The van der Waals surface area contributed by atoms with Crippen molar-refractivity contribution >= 4 is 12.0 Å². The van der Waals surface area contributed by atoms with Crippen molar-refractivity contribution in [3.63, 3.8) is 0 Å². The van der Waals surface area contributed by atoms with Crippen molar-refractivity contribution < 1.29 is 23.5 Å². The third-order valence-corrected chi connectivity index (χ3v) is 3.26. The molecule has 4 nitrogen and oxygen atoms in total. The van der Waals surface area contributed by atoms with Crippen LogP contribution in [0.1, 0.15) is 19.4 Å². The van der Waals surface area contributed by atoms with E-state index in [9.17, 15) is 18.8 Å². The number of benzene rings is 2. The molecule has 0 radical (unpaired) electrons. The Morgan fingerprint density at radius 1 is 1.25 bits per heavy atom. The van der Waals surface area contributed by atoms with E-state index in [0.29, 0.717) is 10.8 Å². The van der Waals surface area contributed by atoms with Gasteiger partial charge in [0.05, 0.1) is 6.04 Å². The predicted octanol–water partition coefficient (Wildman–Crippen LogP) is 4.40. The van der Waals surface area contributed by atoms with Gasteiger partial charge in [-0.2, -0.15) is 0 Å². The van der Waals surface area contributed by atoms with E-state index < -0.39 is 23.6 Å². The van der Waals surface area contributed by atoms with E-state index in [-0.39, 0.29) is 5.75 Å². The minimum Gasteiger partial charge on any atom is -0.454 e. The van der Waals surface area contributed by atoms with Gasteiger partial charge in [0, 0.05) is 13.0 Å². The maximum Gasteiger partial charge on any atom is 0.243 e. The molecule has 2 rings (SSSR count). The molecule has 0 saturated carbocycles. The van der Waals surface area contributed by atoms with Gasteiger partial charge in [0.1, 0.15) is 11.6 Å². The van der Waals surface area contributed by atoms with Crippen LogP contribution in [-0.4, -0.2) is 22.2 Å². The first kappa shape index (κ1) is 17.6. The maximum absolute atomic E-state index is 13.6. The van der Waals surface area contributed by atoms with E-state index in [2.05, 4.69) is 0 Å². The minimum atomic E-state index is -0.790. The van der Waals surface area contributed by atoms with Crippen LogP contribution in [0.3, 0.4) is 0 Å². The van der Waals surface area contributed by atoms with Gasteiger partial charge < -0.3 is 4.74 Å². The van der Waals surface area contributed by atoms with Crippen LogP contribution in [0.25, 0.3) is 6.08 Å². The lowest BCUT2D eigenvalue weighted by Crippen LogP contribution is -2.32. The lowest BCUT2D eigenvalue weighted by molar-refractivity contribution is -0.167. The van der Waals surface area contributed by atoms with Crippen LogP contribution < -0.4 is 4.74 Å². The number of hydrogen-bond donors (Lipinski definition) is 1. The third-order valence-electron chi connectivity index (χ3n) is 3.26. The number of carbonyl (C=O) groups is 1. The average molecular weight is 333 g/mol. The van der Waals surface area contributed by atoms with E-state index in [1.165, 1.54) is 13.0 Å². The normalized spacial score (nSPS) is 12.2. The largest absolute Gasteiger partial charge is 0.454 e. The van der Waals surface area contributed by atoms with Crippen LogP contribution in [0.2, 0.25) is 0 Å². The zero-order valence-electron chi connectivity index (χ0n) is 13.2. The molecule has 0 aliphatic rings. The summed E-state index contributed by atoms with van der Waals surface area (Å²) in [7, 11) is 0. The van der Waals surface area contributed by atoms with Gasteiger partial charge in [-0.15, -0.1) is 0 Å². The molecular formula is C18H17F2NO3. The number of hydroxylamine groups is 2. The Hall–Kier alpha value is -2.73. The molecule has 1 N–H and O–H groups in total. The number of amides is 1. The molecule has 0 saturated heterocycles. The Balaban J connectivity index is 2.12. The molecule has 6 heteroatoms.